The highest BCUT2D eigenvalue weighted by Gasteiger charge is 2.11. The second-order valence-corrected chi connectivity index (χ2v) is 3.77. The maximum Gasteiger partial charge on any atom is 0.188 e. The van der Waals surface area contributed by atoms with Crippen LogP contribution in [0.4, 0.5) is 0 Å². The molecule has 1 N–H and O–H groups in total. The summed E-state index contributed by atoms with van der Waals surface area (Å²) >= 11 is 0. The smallest absolute Gasteiger partial charge is 0.188 e. The summed E-state index contributed by atoms with van der Waals surface area (Å²) in [5.74, 6) is 0.0471. The second kappa shape index (κ2) is 4.55. The van der Waals surface area contributed by atoms with Gasteiger partial charge in [-0.15, -0.1) is 0 Å². The van der Waals surface area contributed by atoms with Gasteiger partial charge in [-0.05, 0) is 30.2 Å². The normalized spacial score (nSPS) is 14.7. The highest BCUT2D eigenvalue weighted by molar-refractivity contribution is 5.97. The van der Waals surface area contributed by atoms with E-state index in [0.29, 0.717) is 0 Å². The van der Waals surface area contributed by atoms with Gasteiger partial charge in [0.25, 0.3) is 0 Å². The number of hydrogen-bond acceptors (Lipinski definition) is 3. The van der Waals surface area contributed by atoms with Crippen molar-refractivity contribution in [3.63, 3.8) is 0 Å². The topological polar surface area (TPSA) is 38.3 Å². The minimum Gasteiger partial charge on any atom is -0.377 e. The first-order chi connectivity index (χ1) is 7.31. The number of carbonyl (C=O) groups is 1. The van der Waals surface area contributed by atoms with Crippen LogP contribution in [0.5, 0.6) is 0 Å². The van der Waals surface area contributed by atoms with Gasteiger partial charge in [0.05, 0.1) is 0 Å². The van der Waals surface area contributed by atoms with Crippen LogP contribution in [-0.2, 0) is 17.7 Å². The van der Waals surface area contributed by atoms with Crippen molar-refractivity contribution in [1.29, 1.82) is 0 Å². The number of ether oxygens (including phenoxy) is 1. The first-order valence-corrected chi connectivity index (χ1v) is 5.16. The lowest BCUT2D eigenvalue weighted by molar-refractivity contribution is 0.0848. The fourth-order valence-electron chi connectivity index (χ4n) is 1.87. The molecule has 0 aliphatic carbocycles. The summed E-state index contributed by atoms with van der Waals surface area (Å²) in [4.78, 5) is 11.6. The molecule has 1 aromatic rings. The molecule has 80 valence electrons. The number of rotatable bonds is 3. The average molecular weight is 205 g/mol. The Balaban J connectivity index is 2.24. The molecule has 1 heterocycles. The Hall–Kier alpha value is -1.19. The number of nitrogens with one attached hydrogen (secondary N) is 1. The number of benzene rings is 1. The van der Waals surface area contributed by atoms with Gasteiger partial charge in [-0.1, -0.05) is 12.1 Å². The zero-order valence-electron chi connectivity index (χ0n) is 8.88. The Labute approximate surface area is 89.4 Å². The zero-order chi connectivity index (χ0) is 10.7. The lowest BCUT2D eigenvalue weighted by Gasteiger charge is -2.17. The van der Waals surface area contributed by atoms with E-state index < -0.39 is 0 Å². The molecule has 3 nitrogen and oxygen atoms in total. The number of Topliss-reactive ketones (excluding diaryl/α,β-unsaturated/α-hetero) is 1. The number of carbonyl (C=O) groups excluding carboxylic acids is 1. The van der Waals surface area contributed by atoms with Crippen LogP contribution >= 0.6 is 0 Å². The molecule has 1 aliphatic heterocycles. The summed E-state index contributed by atoms with van der Waals surface area (Å²) in [5, 5.41) is 3.30. The minimum atomic E-state index is 0.0471. The van der Waals surface area contributed by atoms with Crippen LogP contribution in [0.3, 0.4) is 0 Å². The molecule has 1 aromatic carbocycles. The molecule has 0 atom stereocenters. The molecular formula is C12H15NO2. The van der Waals surface area contributed by atoms with Crippen LogP contribution in [0.1, 0.15) is 21.5 Å². The minimum absolute atomic E-state index is 0.0471. The summed E-state index contributed by atoms with van der Waals surface area (Å²) in [6.45, 7) is 2.05. The van der Waals surface area contributed by atoms with Gasteiger partial charge in [0.15, 0.2) is 5.78 Å². The molecule has 15 heavy (non-hydrogen) atoms. The third-order valence-electron chi connectivity index (χ3n) is 2.69. The SMILES string of the molecule is COCC(=O)c1ccc2c(c1)CNCC2. The van der Waals surface area contributed by atoms with Gasteiger partial charge in [0.1, 0.15) is 6.61 Å². The van der Waals surface area contributed by atoms with Crippen molar-refractivity contribution in [2.24, 2.45) is 0 Å². The van der Waals surface area contributed by atoms with E-state index in [0.717, 1.165) is 25.1 Å². The van der Waals surface area contributed by atoms with Crippen molar-refractivity contribution in [1.82, 2.24) is 5.32 Å². The first-order valence-electron chi connectivity index (χ1n) is 5.16. The van der Waals surface area contributed by atoms with Gasteiger partial charge in [0, 0.05) is 19.2 Å². The summed E-state index contributed by atoms with van der Waals surface area (Å²) in [5.41, 5.74) is 3.34. The van der Waals surface area contributed by atoms with E-state index in [1.165, 1.54) is 18.2 Å². The van der Waals surface area contributed by atoms with Gasteiger partial charge in [-0.3, -0.25) is 4.79 Å². The van der Waals surface area contributed by atoms with Crippen molar-refractivity contribution in [2.75, 3.05) is 20.3 Å². The van der Waals surface area contributed by atoms with Gasteiger partial charge < -0.3 is 10.1 Å². The molecule has 0 unspecified atom stereocenters. The fourth-order valence-corrected chi connectivity index (χ4v) is 1.87. The van der Waals surface area contributed by atoms with Gasteiger partial charge in [0.2, 0.25) is 0 Å². The van der Waals surface area contributed by atoms with E-state index in [2.05, 4.69) is 11.4 Å². The number of hydrogen-bond donors (Lipinski definition) is 1. The Bertz CT molecular complexity index is 374. The number of fused-ring (bicyclic) bond motifs is 1. The van der Waals surface area contributed by atoms with Crippen LogP contribution in [0.2, 0.25) is 0 Å². The van der Waals surface area contributed by atoms with Crippen LogP contribution in [0.15, 0.2) is 18.2 Å². The van der Waals surface area contributed by atoms with Crippen molar-refractivity contribution in [2.45, 2.75) is 13.0 Å². The highest BCUT2D eigenvalue weighted by Crippen LogP contribution is 2.16. The third kappa shape index (κ3) is 2.25. The second-order valence-electron chi connectivity index (χ2n) is 3.77. The summed E-state index contributed by atoms with van der Waals surface area (Å²) in [7, 11) is 1.54. The van der Waals surface area contributed by atoms with Crippen molar-refractivity contribution in [3.05, 3.63) is 34.9 Å². The summed E-state index contributed by atoms with van der Waals surface area (Å²) < 4.78 is 4.84. The molecule has 0 radical (unpaired) electrons. The molecule has 0 aromatic heterocycles. The Morgan fingerprint density at radius 2 is 2.33 bits per heavy atom. The van der Waals surface area contributed by atoms with E-state index in [9.17, 15) is 4.79 Å². The molecule has 2 rings (SSSR count). The molecule has 0 saturated carbocycles. The quantitative estimate of drug-likeness (QED) is 0.752. The lowest BCUT2D eigenvalue weighted by Crippen LogP contribution is -2.24. The van der Waals surface area contributed by atoms with Crippen molar-refractivity contribution < 1.29 is 9.53 Å². The maximum atomic E-state index is 11.6. The molecule has 3 heteroatoms. The molecule has 0 saturated heterocycles. The monoisotopic (exact) mass is 205 g/mol. The third-order valence-corrected chi connectivity index (χ3v) is 2.69. The van der Waals surface area contributed by atoms with E-state index >= 15 is 0 Å². The molecular weight excluding hydrogens is 190 g/mol. The standard InChI is InChI=1S/C12H15NO2/c1-15-8-12(14)10-3-2-9-4-5-13-7-11(9)6-10/h2-3,6,13H,4-5,7-8H2,1H3. The van der Waals surface area contributed by atoms with E-state index in [1.807, 2.05) is 12.1 Å². The predicted molar refractivity (Wildman–Crippen MR) is 58.1 cm³/mol. The average Bonchev–Trinajstić information content (AvgIpc) is 2.29. The van der Waals surface area contributed by atoms with Gasteiger partial charge in [-0.25, -0.2) is 0 Å². The summed E-state index contributed by atoms with van der Waals surface area (Å²) in [6, 6.07) is 5.92. The fraction of sp³-hybridized carbons (Fsp3) is 0.417. The van der Waals surface area contributed by atoms with Crippen LogP contribution in [0.25, 0.3) is 0 Å². The Kier molecular flexibility index (Phi) is 3.14. The van der Waals surface area contributed by atoms with E-state index in [-0.39, 0.29) is 12.4 Å². The molecule has 0 bridgehead atoms. The number of ketones is 1. The zero-order valence-corrected chi connectivity index (χ0v) is 8.88. The Morgan fingerprint density at radius 1 is 1.47 bits per heavy atom. The number of methoxy groups -OCH3 is 1. The van der Waals surface area contributed by atoms with Gasteiger partial charge >= 0.3 is 0 Å². The van der Waals surface area contributed by atoms with Crippen molar-refractivity contribution >= 4 is 5.78 Å². The summed E-state index contributed by atoms with van der Waals surface area (Å²) in [6.07, 6.45) is 1.05. The lowest BCUT2D eigenvalue weighted by atomic mass is 9.97. The molecule has 1 aliphatic rings. The Morgan fingerprint density at radius 3 is 3.13 bits per heavy atom. The predicted octanol–water partition coefficient (Wildman–Crippen LogP) is 1.16. The molecule has 0 spiro atoms. The largest absolute Gasteiger partial charge is 0.377 e. The molecule has 0 amide bonds. The van der Waals surface area contributed by atoms with Crippen LogP contribution < -0.4 is 5.32 Å². The molecule has 0 fully saturated rings. The first kappa shape index (κ1) is 10.3. The maximum absolute atomic E-state index is 11.6. The van der Waals surface area contributed by atoms with Crippen LogP contribution in [-0.4, -0.2) is 26.0 Å². The van der Waals surface area contributed by atoms with E-state index in [4.69, 9.17) is 4.74 Å². The van der Waals surface area contributed by atoms with Crippen LogP contribution in [0, 0.1) is 0 Å². The van der Waals surface area contributed by atoms with E-state index in [1.54, 1.807) is 0 Å². The van der Waals surface area contributed by atoms with Gasteiger partial charge in [-0.2, -0.15) is 0 Å². The highest BCUT2D eigenvalue weighted by atomic mass is 16.5. The van der Waals surface area contributed by atoms with Crippen molar-refractivity contribution in [3.8, 4) is 0 Å².